The lowest BCUT2D eigenvalue weighted by Gasteiger charge is -2.14. The van der Waals surface area contributed by atoms with Gasteiger partial charge >= 0.3 is 0 Å². The number of aromatic nitrogens is 1. The van der Waals surface area contributed by atoms with Crippen LogP contribution in [0.1, 0.15) is 5.76 Å². The molecule has 0 aliphatic rings. The molecule has 6 nitrogen and oxygen atoms in total. The summed E-state index contributed by atoms with van der Waals surface area (Å²) >= 11 is 12.3. The minimum absolute atomic E-state index is 0.0137. The van der Waals surface area contributed by atoms with Crippen molar-refractivity contribution in [2.24, 2.45) is 5.10 Å². The van der Waals surface area contributed by atoms with Gasteiger partial charge in [-0.25, -0.2) is 5.43 Å². The van der Waals surface area contributed by atoms with Crippen molar-refractivity contribution in [1.82, 2.24) is 9.99 Å². The minimum Gasteiger partial charge on any atom is -0.455 e. The highest BCUT2D eigenvalue weighted by Gasteiger charge is 2.13. The molecule has 168 valence electrons. The Morgan fingerprint density at radius 2 is 1.62 bits per heavy atom. The SMILES string of the molecule is O=C(Cn1c2ccccc2c(=O)c2ccccc21)N/N=C\c1ccc(-c2cc(Cl)ccc2Cl)o1. The highest BCUT2D eigenvalue weighted by atomic mass is 35.5. The van der Waals surface area contributed by atoms with Crippen LogP contribution in [0.3, 0.4) is 0 Å². The van der Waals surface area contributed by atoms with Gasteiger partial charge in [-0.1, -0.05) is 47.5 Å². The molecule has 0 radical (unpaired) electrons. The van der Waals surface area contributed by atoms with E-state index in [0.29, 0.717) is 48.9 Å². The van der Waals surface area contributed by atoms with Crippen molar-refractivity contribution in [3.8, 4) is 11.3 Å². The summed E-state index contributed by atoms with van der Waals surface area (Å²) in [5.41, 5.74) is 4.48. The zero-order chi connectivity index (χ0) is 23.7. The van der Waals surface area contributed by atoms with Crippen molar-refractivity contribution >= 4 is 57.1 Å². The van der Waals surface area contributed by atoms with E-state index >= 15 is 0 Å². The standard InChI is InChI=1S/C26H17Cl2N3O3/c27-16-9-11-21(28)20(13-16)24-12-10-17(34-24)14-29-30-25(32)15-31-22-7-3-1-5-18(22)26(33)19-6-2-4-8-23(19)31/h1-14H,15H2,(H,30,32)/b29-14-. The molecule has 3 aromatic carbocycles. The van der Waals surface area contributed by atoms with E-state index in [9.17, 15) is 9.59 Å². The predicted molar refractivity (Wildman–Crippen MR) is 136 cm³/mol. The van der Waals surface area contributed by atoms with Crippen LogP contribution in [-0.4, -0.2) is 16.7 Å². The van der Waals surface area contributed by atoms with Crippen LogP contribution in [0.5, 0.6) is 0 Å². The van der Waals surface area contributed by atoms with Crippen LogP contribution in [0.15, 0.2) is 93.2 Å². The lowest BCUT2D eigenvalue weighted by atomic mass is 10.1. The Kier molecular flexibility index (Phi) is 5.92. The number of para-hydroxylation sites is 2. The number of furan rings is 1. The molecule has 0 atom stereocenters. The fourth-order valence-electron chi connectivity index (χ4n) is 3.85. The Labute approximate surface area is 204 Å². The molecule has 0 unspecified atom stereocenters. The van der Waals surface area contributed by atoms with Gasteiger partial charge in [0.25, 0.3) is 5.91 Å². The molecule has 0 fully saturated rings. The van der Waals surface area contributed by atoms with Crippen LogP contribution in [0.25, 0.3) is 33.1 Å². The van der Waals surface area contributed by atoms with Gasteiger partial charge < -0.3 is 8.98 Å². The van der Waals surface area contributed by atoms with Gasteiger partial charge in [0.2, 0.25) is 0 Å². The normalized spacial score (nSPS) is 11.5. The molecule has 0 aliphatic carbocycles. The Bertz CT molecular complexity index is 1580. The maximum atomic E-state index is 12.8. The number of halogens is 2. The summed E-state index contributed by atoms with van der Waals surface area (Å²) in [7, 11) is 0. The lowest BCUT2D eigenvalue weighted by molar-refractivity contribution is -0.121. The Morgan fingerprint density at radius 1 is 0.941 bits per heavy atom. The van der Waals surface area contributed by atoms with E-state index in [1.165, 1.54) is 6.21 Å². The summed E-state index contributed by atoms with van der Waals surface area (Å²) < 4.78 is 7.56. The zero-order valence-corrected chi connectivity index (χ0v) is 19.2. The van der Waals surface area contributed by atoms with Crippen LogP contribution in [0.4, 0.5) is 0 Å². The second kappa shape index (κ2) is 9.17. The molecule has 34 heavy (non-hydrogen) atoms. The maximum Gasteiger partial charge on any atom is 0.260 e. The number of benzene rings is 3. The van der Waals surface area contributed by atoms with E-state index in [0.717, 1.165) is 0 Å². The molecule has 5 aromatic rings. The fourth-order valence-corrected chi connectivity index (χ4v) is 4.23. The van der Waals surface area contributed by atoms with E-state index < -0.39 is 0 Å². The molecule has 0 spiro atoms. The van der Waals surface area contributed by atoms with E-state index in [1.807, 2.05) is 28.8 Å². The lowest BCUT2D eigenvalue weighted by Crippen LogP contribution is -2.25. The summed E-state index contributed by atoms with van der Waals surface area (Å²) in [6.45, 7) is -0.0137. The molecular weight excluding hydrogens is 473 g/mol. The molecular formula is C26H17Cl2N3O3. The first-order valence-corrected chi connectivity index (χ1v) is 11.1. The second-order valence-electron chi connectivity index (χ2n) is 7.57. The van der Waals surface area contributed by atoms with Gasteiger partial charge in [-0.2, -0.15) is 5.10 Å². The van der Waals surface area contributed by atoms with Crippen molar-refractivity contribution in [2.75, 3.05) is 0 Å². The number of pyridine rings is 1. The fraction of sp³-hybridized carbons (Fsp3) is 0.0385. The van der Waals surface area contributed by atoms with E-state index in [2.05, 4.69) is 10.5 Å². The highest BCUT2D eigenvalue weighted by molar-refractivity contribution is 6.35. The maximum absolute atomic E-state index is 12.8. The van der Waals surface area contributed by atoms with E-state index in [4.69, 9.17) is 27.6 Å². The summed E-state index contributed by atoms with van der Waals surface area (Å²) in [6, 6.07) is 23.0. The average molecular weight is 490 g/mol. The quantitative estimate of drug-likeness (QED) is 0.190. The number of amides is 1. The number of nitrogens with zero attached hydrogens (tertiary/aromatic N) is 2. The topological polar surface area (TPSA) is 76.6 Å². The molecule has 2 aromatic heterocycles. The van der Waals surface area contributed by atoms with Gasteiger partial charge in [0, 0.05) is 21.4 Å². The largest absolute Gasteiger partial charge is 0.455 e. The number of hydrogen-bond donors (Lipinski definition) is 1. The molecule has 5 rings (SSSR count). The number of rotatable bonds is 5. The van der Waals surface area contributed by atoms with Gasteiger partial charge in [0.1, 0.15) is 18.1 Å². The van der Waals surface area contributed by atoms with Gasteiger partial charge in [-0.3, -0.25) is 9.59 Å². The molecule has 1 N–H and O–H groups in total. The summed E-state index contributed by atoms with van der Waals surface area (Å²) in [5.74, 6) is 0.622. The van der Waals surface area contributed by atoms with E-state index in [-0.39, 0.29) is 17.9 Å². The van der Waals surface area contributed by atoms with Crippen LogP contribution in [-0.2, 0) is 11.3 Å². The molecule has 2 heterocycles. The second-order valence-corrected chi connectivity index (χ2v) is 8.41. The van der Waals surface area contributed by atoms with Crippen LogP contribution in [0, 0.1) is 0 Å². The number of fused-ring (bicyclic) bond motifs is 2. The van der Waals surface area contributed by atoms with Crippen LogP contribution < -0.4 is 10.9 Å². The summed E-state index contributed by atoms with van der Waals surface area (Å²) in [6.07, 6.45) is 1.40. The summed E-state index contributed by atoms with van der Waals surface area (Å²) in [5, 5.41) is 6.17. The molecule has 0 saturated carbocycles. The third kappa shape index (κ3) is 4.21. The van der Waals surface area contributed by atoms with Gasteiger partial charge in [0.05, 0.1) is 22.3 Å². The van der Waals surface area contributed by atoms with Crippen molar-refractivity contribution in [3.63, 3.8) is 0 Å². The Morgan fingerprint density at radius 3 is 2.32 bits per heavy atom. The van der Waals surface area contributed by atoms with Crippen molar-refractivity contribution < 1.29 is 9.21 Å². The molecule has 0 saturated heterocycles. The molecule has 8 heteroatoms. The van der Waals surface area contributed by atoms with Gasteiger partial charge in [0.15, 0.2) is 5.43 Å². The van der Waals surface area contributed by atoms with Crippen LogP contribution in [0.2, 0.25) is 10.0 Å². The number of hydrazone groups is 1. The smallest absolute Gasteiger partial charge is 0.260 e. The predicted octanol–water partition coefficient (Wildman–Crippen LogP) is 5.87. The number of hydrogen-bond acceptors (Lipinski definition) is 4. The number of nitrogens with one attached hydrogen (secondary N) is 1. The first kappa shape index (κ1) is 21.9. The van der Waals surface area contributed by atoms with E-state index in [1.54, 1.807) is 54.6 Å². The molecule has 1 amide bonds. The monoisotopic (exact) mass is 489 g/mol. The first-order valence-electron chi connectivity index (χ1n) is 10.4. The molecule has 0 aliphatic heterocycles. The zero-order valence-electron chi connectivity index (χ0n) is 17.7. The van der Waals surface area contributed by atoms with Crippen molar-refractivity contribution in [2.45, 2.75) is 6.54 Å². The van der Waals surface area contributed by atoms with Gasteiger partial charge in [-0.05, 0) is 54.6 Å². The summed E-state index contributed by atoms with van der Waals surface area (Å²) in [4.78, 5) is 25.5. The third-order valence-electron chi connectivity index (χ3n) is 5.38. The van der Waals surface area contributed by atoms with Crippen molar-refractivity contribution in [1.29, 1.82) is 0 Å². The third-order valence-corrected chi connectivity index (χ3v) is 5.95. The number of carbonyl (C=O) groups excluding carboxylic acids is 1. The highest BCUT2D eigenvalue weighted by Crippen LogP contribution is 2.31. The molecule has 0 bridgehead atoms. The van der Waals surface area contributed by atoms with Crippen molar-refractivity contribution in [3.05, 3.63) is 105 Å². The average Bonchev–Trinajstić information content (AvgIpc) is 3.32. The minimum atomic E-state index is -0.347. The first-order chi connectivity index (χ1) is 16.5. The van der Waals surface area contributed by atoms with Gasteiger partial charge in [-0.15, -0.1) is 0 Å². The Balaban J connectivity index is 1.37. The number of carbonyl (C=O) groups is 1. The Hall–Kier alpha value is -3.87. The van der Waals surface area contributed by atoms with Crippen LogP contribution >= 0.6 is 23.2 Å².